The van der Waals surface area contributed by atoms with Crippen LogP contribution in [-0.2, 0) is 19.1 Å². The van der Waals surface area contributed by atoms with Gasteiger partial charge in [0.05, 0.1) is 13.0 Å². The Morgan fingerprint density at radius 3 is 2.15 bits per heavy atom. The van der Waals surface area contributed by atoms with Gasteiger partial charge in [0, 0.05) is 19.6 Å². The van der Waals surface area contributed by atoms with Crippen LogP contribution in [0.1, 0.15) is 30.4 Å². The van der Waals surface area contributed by atoms with Crippen LogP contribution in [-0.4, -0.2) is 66.7 Å². The smallest absolute Gasteiger partial charge is 0.407 e. The highest BCUT2D eigenvalue weighted by Gasteiger charge is 2.31. The molecule has 0 bridgehead atoms. The van der Waals surface area contributed by atoms with Crippen LogP contribution in [0.5, 0.6) is 0 Å². The van der Waals surface area contributed by atoms with Gasteiger partial charge >= 0.3 is 12.1 Å². The van der Waals surface area contributed by atoms with Crippen molar-refractivity contribution in [1.29, 1.82) is 0 Å². The molecule has 2 unspecified atom stereocenters. The molecule has 0 fully saturated rings. The first kappa shape index (κ1) is 24.2. The van der Waals surface area contributed by atoms with Gasteiger partial charge in [-0.05, 0) is 29.2 Å². The number of amides is 2. The van der Waals surface area contributed by atoms with Crippen LogP contribution in [0.2, 0.25) is 0 Å². The summed E-state index contributed by atoms with van der Waals surface area (Å²) in [7, 11) is 1.38. The zero-order valence-electron chi connectivity index (χ0n) is 18.5. The minimum absolute atomic E-state index is 0.0352. The summed E-state index contributed by atoms with van der Waals surface area (Å²) < 4.78 is 10.5. The van der Waals surface area contributed by atoms with E-state index in [1.807, 2.05) is 48.5 Å². The van der Waals surface area contributed by atoms with E-state index in [1.54, 1.807) is 6.92 Å². The summed E-state index contributed by atoms with van der Waals surface area (Å²) in [6.07, 6.45) is -1.52. The van der Waals surface area contributed by atoms with Crippen molar-refractivity contribution in [3.63, 3.8) is 0 Å². The van der Waals surface area contributed by atoms with Crippen molar-refractivity contribution in [3.05, 3.63) is 59.7 Å². The molecule has 1 aliphatic rings. The minimum atomic E-state index is -1.35. The van der Waals surface area contributed by atoms with Gasteiger partial charge in [-0.25, -0.2) is 4.79 Å². The van der Waals surface area contributed by atoms with E-state index in [-0.39, 0.29) is 25.7 Å². The quantitative estimate of drug-likeness (QED) is 0.429. The fourth-order valence-corrected chi connectivity index (χ4v) is 3.76. The molecular weight excluding hydrogens is 428 g/mol. The number of aliphatic hydroxyl groups excluding tert-OH is 1. The number of nitrogens with one attached hydrogen (secondary N) is 2. The lowest BCUT2D eigenvalue weighted by molar-refractivity contribution is -0.140. The van der Waals surface area contributed by atoms with Crippen molar-refractivity contribution in [1.82, 2.24) is 10.6 Å². The highest BCUT2D eigenvalue weighted by Crippen LogP contribution is 2.44. The molecule has 2 aromatic carbocycles. The molecular formula is C24H28N2O7. The predicted octanol–water partition coefficient (Wildman–Crippen LogP) is 1.88. The maximum absolute atomic E-state index is 12.5. The largest absolute Gasteiger partial charge is 0.481 e. The van der Waals surface area contributed by atoms with E-state index in [9.17, 15) is 19.5 Å². The number of hydrogen-bond acceptors (Lipinski definition) is 6. The molecule has 0 spiro atoms. The molecule has 0 radical (unpaired) electrons. The van der Waals surface area contributed by atoms with Crippen molar-refractivity contribution < 1.29 is 34.1 Å². The minimum Gasteiger partial charge on any atom is -0.481 e. The Kier molecular flexibility index (Phi) is 7.67. The summed E-state index contributed by atoms with van der Waals surface area (Å²) in [5.74, 6) is -2.14. The number of benzene rings is 2. The van der Waals surface area contributed by atoms with Gasteiger partial charge in [0.25, 0.3) is 0 Å². The first-order chi connectivity index (χ1) is 15.8. The number of alkyl carbamates (subject to hydrolysis) is 1. The number of aliphatic hydroxyl groups is 1. The van der Waals surface area contributed by atoms with Crippen molar-refractivity contribution >= 4 is 18.0 Å². The van der Waals surface area contributed by atoms with Crippen LogP contribution in [0, 0.1) is 0 Å². The number of carboxylic acid groups (broad SMARTS) is 1. The summed E-state index contributed by atoms with van der Waals surface area (Å²) >= 11 is 0. The SMILES string of the molecule is COC(C)(CO)CNC(=O)C(CC(=O)O)NC(=O)OCC1c2ccccc2-c2ccccc21. The van der Waals surface area contributed by atoms with Gasteiger partial charge in [0.15, 0.2) is 0 Å². The molecule has 2 amide bonds. The van der Waals surface area contributed by atoms with Crippen molar-refractivity contribution in [2.24, 2.45) is 0 Å². The molecule has 33 heavy (non-hydrogen) atoms. The second kappa shape index (κ2) is 10.5. The second-order valence-electron chi connectivity index (χ2n) is 8.15. The second-order valence-corrected chi connectivity index (χ2v) is 8.15. The van der Waals surface area contributed by atoms with E-state index in [2.05, 4.69) is 10.6 Å². The molecule has 2 atom stereocenters. The molecule has 4 N–H and O–H groups in total. The van der Waals surface area contributed by atoms with Crippen molar-refractivity contribution in [2.45, 2.75) is 30.9 Å². The zero-order valence-corrected chi connectivity index (χ0v) is 18.5. The molecule has 0 heterocycles. The number of carbonyl (C=O) groups excluding carboxylic acids is 2. The van der Waals surface area contributed by atoms with Gasteiger partial charge in [0.1, 0.15) is 18.2 Å². The molecule has 1 aliphatic carbocycles. The monoisotopic (exact) mass is 456 g/mol. The van der Waals surface area contributed by atoms with Crippen molar-refractivity contribution in [3.8, 4) is 11.1 Å². The molecule has 2 aromatic rings. The third kappa shape index (κ3) is 5.68. The highest BCUT2D eigenvalue weighted by atomic mass is 16.5. The van der Waals surface area contributed by atoms with Gasteiger partial charge < -0.3 is 30.3 Å². The summed E-state index contributed by atoms with van der Waals surface area (Å²) in [5.41, 5.74) is 3.20. The standard InChI is InChI=1S/C24H28N2O7/c1-24(14-27,32-2)13-25-22(30)20(11-21(28)29)26-23(31)33-12-19-17-9-5-3-7-15(17)16-8-4-6-10-18(16)19/h3-10,19-20,27H,11-14H2,1-2H3,(H,25,30)(H,26,31)(H,28,29). The van der Waals surface area contributed by atoms with Crippen LogP contribution in [0.15, 0.2) is 48.5 Å². The normalized spacial score (nSPS) is 15.0. The van der Waals surface area contributed by atoms with Crippen LogP contribution < -0.4 is 10.6 Å². The van der Waals surface area contributed by atoms with E-state index in [1.165, 1.54) is 7.11 Å². The molecule has 0 aromatic heterocycles. The number of carbonyl (C=O) groups is 3. The van der Waals surface area contributed by atoms with E-state index >= 15 is 0 Å². The summed E-state index contributed by atoms with van der Waals surface area (Å²) in [6.45, 7) is 1.19. The number of aliphatic carboxylic acids is 1. The third-order valence-corrected chi connectivity index (χ3v) is 5.79. The third-order valence-electron chi connectivity index (χ3n) is 5.79. The van der Waals surface area contributed by atoms with Crippen LogP contribution in [0.4, 0.5) is 4.79 Å². The van der Waals surface area contributed by atoms with Gasteiger partial charge in [-0.2, -0.15) is 0 Å². The molecule has 9 heteroatoms. The average Bonchev–Trinajstić information content (AvgIpc) is 3.14. The number of methoxy groups -OCH3 is 1. The van der Waals surface area contributed by atoms with E-state index in [4.69, 9.17) is 14.6 Å². The highest BCUT2D eigenvalue weighted by molar-refractivity contribution is 5.89. The Labute approximate surface area is 191 Å². The molecule has 0 saturated heterocycles. The van der Waals surface area contributed by atoms with E-state index in [0.29, 0.717) is 0 Å². The average molecular weight is 456 g/mol. The molecule has 9 nitrogen and oxygen atoms in total. The molecule has 0 aliphatic heterocycles. The van der Waals surface area contributed by atoms with E-state index < -0.39 is 36.0 Å². The van der Waals surface area contributed by atoms with Crippen LogP contribution in [0.25, 0.3) is 11.1 Å². The zero-order chi connectivity index (χ0) is 24.0. The maximum Gasteiger partial charge on any atom is 0.407 e. The number of ether oxygens (including phenoxy) is 2. The number of carboxylic acids is 1. The Bertz CT molecular complexity index is 974. The number of rotatable bonds is 10. The fourth-order valence-electron chi connectivity index (χ4n) is 3.76. The number of fused-ring (bicyclic) bond motifs is 3. The maximum atomic E-state index is 12.5. The summed E-state index contributed by atoms with van der Waals surface area (Å²) in [5, 5.41) is 23.4. The Hall–Kier alpha value is -3.43. The first-order valence-corrected chi connectivity index (χ1v) is 10.5. The van der Waals surface area contributed by atoms with Gasteiger partial charge in [0.2, 0.25) is 5.91 Å². The Morgan fingerprint density at radius 2 is 1.64 bits per heavy atom. The predicted molar refractivity (Wildman–Crippen MR) is 120 cm³/mol. The van der Waals surface area contributed by atoms with E-state index in [0.717, 1.165) is 22.3 Å². The fraction of sp³-hybridized carbons (Fsp3) is 0.375. The van der Waals surface area contributed by atoms with Crippen LogP contribution >= 0.6 is 0 Å². The number of hydrogen-bond donors (Lipinski definition) is 4. The van der Waals surface area contributed by atoms with Crippen molar-refractivity contribution in [2.75, 3.05) is 26.9 Å². The first-order valence-electron chi connectivity index (χ1n) is 10.5. The van der Waals surface area contributed by atoms with Gasteiger partial charge in [-0.15, -0.1) is 0 Å². The summed E-state index contributed by atoms with van der Waals surface area (Å²) in [6, 6.07) is 14.4. The lowest BCUT2D eigenvalue weighted by atomic mass is 9.98. The Balaban J connectivity index is 1.64. The van der Waals surface area contributed by atoms with Gasteiger partial charge in [-0.1, -0.05) is 48.5 Å². The molecule has 3 rings (SSSR count). The summed E-state index contributed by atoms with van der Waals surface area (Å²) in [4.78, 5) is 36.2. The van der Waals surface area contributed by atoms with Gasteiger partial charge in [-0.3, -0.25) is 9.59 Å². The molecule has 176 valence electrons. The topological polar surface area (TPSA) is 134 Å². The Morgan fingerprint density at radius 1 is 1.06 bits per heavy atom. The lowest BCUT2D eigenvalue weighted by Gasteiger charge is -2.27. The lowest BCUT2D eigenvalue weighted by Crippen LogP contribution is -2.52. The molecule has 0 saturated carbocycles. The van der Waals surface area contributed by atoms with Crippen LogP contribution in [0.3, 0.4) is 0 Å².